The molecular formula is C28H37F3N8O9S. The molecule has 1 aromatic carbocycles. The Morgan fingerprint density at radius 1 is 1.00 bits per heavy atom. The summed E-state index contributed by atoms with van der Waals surface area (Å²) in [4.78, 5) is 75.1. The normalized spacial score (nSPS) is 12.7. The summed E-state index contributed by atoms with van der Waals surface area (Å²) in [5.41, 5.74) is 2.56. The first-order valence-electron chi connectivity index (χ1n) is 14.6. The molecule has 21 heteroatoms. The number of thiazole rings is 1. The highest BCUT2D eigenvalue weighted by Gasteiger charge is 2.38. The van der Waals surface area contributed by atoms with Crippen molar-refractivity contribution in [2.45, 2.75) is 77.9 Å². The van der Waals surface area contributed by atoms with Gasteiger partial charge in [0.25, 0.3) is 5.69 Å². The van der Waals surface area contributed by atoms with Crippen LogP contribution in [0.15, 0.2) is 24.3 Å². The second-order valence-electron chi connectivity index (χ2n) is 11.6. The summed E-state index contributed by atoms with van der Waals surface area (Å²) in [7, 11) is 0. The maximum Gasteiger partial charge on any atom is 0.434 e. The van der Waals surface area contributed by atoms with Gasteiger partial charge in [-0.15, -0.1) is 0 Å². The molecule has 2 rings (SSSR count). The van der Waals surface area contributed by atoms with Gasteiger partial charge in [-0.1, -0.05) is 25.2 Å². The summed E-state index contributed by atoms with van der Waals surface area (Å²) in [5.74, 6) is -2.26. The van der Waals surface area contributed by atoms with Crippen LogP contribution in [0.25, 0.3) is 0 Å². The molecule has 0 radical (unpaired) electrons. The topological polar surface area (TPSA) is 246 Å². The molecule has 0 aliphatic heterocycles. The maximum absolute atomic E-state index is 13.8. The highest BCUT2D eigenvalue weighted by Crippen LogP contribution is 2.36. The lowest BCUT2D eigenvalue weighted by molar-refractivity contribution is -0.384. The van der Waals surface area contributed by atoms with E-state index in [4.69, 9.17) is 15.2 Å². The van der Waals surface area contributed by atoms with Crippen LogP contribution >= 0.6 is 11.3 Å². The number of urea groups is 1. The number of carbonyl (C=O) groups is 5. The van der Waals surface area contributed by atoms with E-state index in [0.29, 0.717) is 11.3 Å². The molecule has 0 saturated carbocycles. The fourth-order valence-corrected chi connectivity index (χ4v) is 4.78. The minimum atomic E-state index is -5.02. The number of anilines is 2. The second kappa shape index (κ2) is 17.3. The lowest BCUT2D eigenvalue weighted by Crippen LogP contribution is -2.55. The quantitative estimate of drug-likeness (QED) is 0.0921. The van der Waals surface area contributed by atoms with E-state index in [2.05, 4.69) is 31.6 Å². The molecule has 270 valence electrons. The summed E-state index contributed by atoms with van der Waals surface area (Å²) in [6, 6.07) is 1.18. The number of benzene rings is 1. The van der Waals surface area contributed by atoms with E-state index in [9.17, 15) is 47.3 Å². The Morgan fingerprint density at radius 3 is 2.16 bits per heavy atom. The molecule has 2 atom stereocenters. The highest BCUT2D eigenvalue weighted by atomic mass is 32.1. The van der Waals surface area contributed by atoms with Crippen LogP contribution in [0.3, 0.4) is 0 Å². The highest BCUT2D eigenvalue weighted by molar-refractivity contribution is 7.15. The number of hydrogen-bond acceptors (Lipinski definition) is 11. The number of hydrogen-bond donors (Lipinski definition) is 6. The van der Waals surface area contributed by atoms with E-state index in [1.54, 1.807) is 34.6 Å². The Bertz CT molecular complexity index is 1510. The van der Waals surface area contributed by atoms with E-state index < -0.39 is 87.0 Å². The van der Waals surface area contributed by atoms with Crippen LogP contribution in [0, 0.1) is 16.0 Å². The first kappa shape index (κ1) is 40.0. The largest absolute Gasteiger partial charge is 0.444 e. The van der Waals surface area contributed by atoms with Crippen molar-refractivity contribution < 1.29 is 51.5 Å². The van der Waals surface area contributed by atoms with E-state index in [-0.39, 0.29) is 30.8 Å². The van der Waals surface area contributed by atoms with Crippen molar-refractivity contribution in [2.75, 3.05) is 17.2 Å². The number of nitrogens with two attached hydrogens (primary N) is 1. The van der Waals surface area contributed by atoms with Crippen molar-refractivity contribution in [2.24, 2.45) is 11.7 Å². The lowest BCUT2D eigenvalue weighted by Gasteiger charge is -2.27. The molecule has 0 aliphatic rings. The Hall–Kier alpha value is -5.21. The number of primary amides is 1. The molecule has 1 aromatic heterocycles. The minimum absolute atomic E-state index is 0.00233. The summed E-state index contributed by atoms with van der Waals surface area (Å²) < 4.78 is 51.5. The first-order chi connectivity index (χ1) is 22.7. The molecule has 0 saturated heterocycles. The molecule has 2 aromatic rings. The number of nitrogens with zero attached hydrogens (tertiary/aromatic N) is 2. The molecule has 17 nitrogen and oxygen atoms in total. The SMILES string of the molecule is CC(C)[C@@H](NC(=O)OC(C)(C)C)C(=O)N[C@@H](CCCNC(N)=O)C(=O)Nc1nc(C(F)(F)F)c(COC(=O)Nc2ccc([N+](=O)[O-])cc2)s1. The number of alkyl halides is 3. The zero-order valence-electron chi connectivity index (χ0n) is 27.1. The number of rotatable bonds is 14. The summed E-state index contributed by atoms with van der Waals surface area (Å²) in [6.07, 6.45) is -7.11. The van der Waals surface area contributed by atoms with Crippen LogP contribution in [-0.4, -0.2) is 64.2 Å². The average Bonchev–Trinajstić information content (AvgIpc) is 3.38. The Labute approximate surface area is 282 Å². The van der Waals surface area contributed by atoms with E-state index >= 15 is 0 Å². The number of ether oxygens (including phenoxy) is 2. The third-order valence-electron chi connectivity index (χ3n) is 6.08. The number of non-ortho nitro benzene ring substituents is 1. The number of alkyl carbamates (subject to hydrolysis) is 1. The van der Waals surface area contributed by atoms with Crippen molar-refractivity contribution in [3.8, 4) is 0 Å². The molecule has 0 fully saturated rings. The van der Waals surface area contributed by atoms with Gasteiger partial charge < -0.3 is 36.5 Å². The van der Waals surface area contributed by atoms with Gasteiger partial charge in [0, 0.05) is 24.4 Å². The van der Waals surface area contributed by atoms with E-state index in [0.717, 1.165) is 12.1 Å². The van der Waals surface area contributed by atoms with Crippen molar-refractivity contribution >= 4 is 57.9 Å². The van der Waals surface area contributed by atoms with Gasteiger partial charge in [-0.2, -0.15) is 13.2 Å². The molecule has 1 heterocycles. The summed E-state index contributed by atoms with van der Waals surface area (Å²) in [6.45, 7) is 7.19. The maximum atomic E-state index is 13.8. The van der Waals surface area contributed by atoms with Crippen molar-refractivity contribution in [3.63, 3.8) is 0 Å². The summed E-state index contributed by atoms with van der Waals surface area (Å²) in [5, 5.41) is 21.9. The van der Waals surface area contributed by atoms with Crippen LogP contribution in [0.4, 0.5) is 44.1 Å². The lowest BCUT2D eigenvalue weighted by atomic mass is 10.0. The van der Waals surface area contributed by atoms with Gasteiger partial charge in [0.15, 0.2) is 10.8 Å². The van der Waals surface area contributed by atoms with Crippen LogP contribution in [0.2, 0.25) is 0 Å². The van der Waals surface area contributed by atoms with Gasteiger partial charge in [-0.05, 0) is 51.7 Å². The fourth-order valence-electron chi connectivity index (χ4n) is 3.89. The third-order valence-corrected chi connectivity index (χ3v) is 7.02. The number of nitro groups is 1. The van der Waals surface area contributed by atoms with Gasteiger partial charge in [-0.25, -0.2) is 19.4 Å². The fraction of sp³-hybridized carbons (Fsp3) is 0.500. The van der Waals surface area contributed by atoms with Crippen molar-refractivity contribution in [1.29, 1.82) is 0 Å². The number of nitro benzene ring substituents is 1. The molecule has 6 amide bonds. The number of amides is 6. The van der Waals surface area contributed by atoms with E-state index in [1.165, 1.54) is 12.1 Å². The predicted molar refractivity (Wildman–Crippen MR) is 169 cm³/mol. The molecule has 0 spiro atoms. The molecule has 7 N–H and O–H groups in total. The minimum Gasteiger partial charge on any atom is -0.444 e. The smallest absolute Gasteiger partial charge is 0.434 e. The zero-order chi connectivity index (χ0) is 37.1. The monoisotopic (exact) mass is 718 g/mol. The van der Waals surface area contributed by atoms with Gasteiger partial charge in [0.05, 0.1) is 9.80 Å². The Kier molecular flexibility index (Phi) is 14.1. The number of aromatic nitrogens is 1. The molecular weight excluding hydrogens is 681 g/mol. The number of carbonyl (C=O) groups excluding carboxylic acids is 5. The van der Waals surface area contributed by atoms with E-state index in [1.807, 2.05) is 0 Å². The van der Waals surface area contributed by atoms with Crippen LogP contribution in [0.5, 0.6) is 0 Å². The van der Waals surface area contributed by atoms with Gasteiger partial charge >= 0.3 is 24.4 Å². The van der Waals surface area contributed by atoms with Crippen LogP contribution in [-0.2, 0) is 31.8 Å². The van der Waals surface area contributed by atoms with Crippen LogP contribution < -0.4 is 32.3 Å². The van der Waals surface area contributed by atoms with Gasteiger partial charge in [-0.3, -0.25) is 25.0 Å². The predicted octanol–water partition coefficient (Wildman–Crippen LogP) is 4.24. The second-order valence-corrected chi connectivity index (χ2v) is 12.7. The molecule has 0 aliphatic carbocycles. The number of halogens is 3. The molecule has 0 bridgehead atoms. The van der Waals surface area contributed by atoms with Crippen molar-refractivity contribution in [3.05, 3.63) is 45.0 Å². The standard InChI is InChI=1S/C28H37F3N8O9S/c1-14(2)19(36-26(44)48-27(3,4)5)22(41)35-17(7-6-12-33-23(32)42)21(40)38-24-37-20(28(29,30)31)18(49-24)13-47-25(43)34-15-8-10-16(11-9-15)39(45)46/h8-11,14,17,19H,6-7,12-13H2,1-5H3,(H,34,43)(H,35,41)(H,36,44)(H3,32,33,42)(H,37,38,40)/t17-,19+/m0/s1. The third kappa shape index (κ3) is 13.8. The van der Waals surface area contributed by atoms with Gasteiger partial charge in [0.2, 0.25) is 11.8 Å². The average molecular weight is 719 g/mol. The van der Waals surface area contributed by atoms with Crippen LogP contribution in [0.1, 0.15) is 58.0 Å². The van der Waals surface area contributed by atoms with Gasteiger partial charge in [0.1, 0.15) is 24.3 Å². The molecule has 0 unspecified atom stereocenters. The summed E-state index contributed by atoms with van der Waals surface area (Å²) >= 11 is 0.359. The number of nitrogens with one attached hydrogen (secondary N) is 5. The van der Waals surface area contributed by atoms with Crippen molar-refractivity contribution in [1.82, 2.24) is 20.9 Å². The molecule has 49 heavy (non-hydrogen) atoms. The Balaban J connectivity index is 2.21. The zero-order valence-corrected chi connectivity index (χ0v) is 27.9. The first-order valence-corrected chi connectivity index (χ1v) is 15.4. The Morgan fingerprint density at radius 2 is 1.63 bits per heavy atom.